The second-order valence-electron chi connectivity index (χ2n) is 6.35. The minimum atomic E-state index is -0.402. The summed E-state index contributed by atoms with van der Waals surface area (Å²) in [6, 6.07) is 20.1. The number of hydrogen-bond donors (Lipinski definition) is 0. The molecule has 132 valence electrons. The third kappa shape index (κ3) is 3.42. The van der Waals surface area contributed by atoms with E-state index in [0.29, 0.717) is 5.69 Å². The van der Waals surface area contributed by atoms with Crippen molar-refractivity contribution in [2.24, 2.45) is 0 Å². The molecule has 3 aromatic rings. The summed E-state index contributed by atoms with van der Waals surface area (Å²) in [5, 5.41) is 4.38. The number of aryl methyl sites for hydroxylation is 1. The van der Waals surface area contributed by atoms with E-state index in [1.807, 2.05) is 74.5 Å². The second-order valence-corrected chi connectivity index (χ2v) is 6.35. The summed E-state index contributed by atoms with van der Waals surface area (Å²) in [5.41, 5.74) is 1.75. The van der Waals surface area contributed by atoms with Crippen LogP contribution in [0.2, 0.25) is 0 Å². The highest BCUT2D eigenvalue weighted by Gasteiger charge is 2.25. The van der Waals surface area contributed by atoms with Gasteiger partial charge in [-0.1, -0.05) is 36.4 Å². The van der Waals surface area contributed by atoms with Crippen molar-refractivity contribution in [2.45, 2.75) is 26.8 Å². The van der Waals surface area contributed by atoms with E-state index in [-0.39, 0.29) is 17.2 Å². The second kappa shape index (κ2) is 7.35. The average molecular weight is 347 g/mol. The van der Waals surface area contributed by atoms with Gasteiger partial charge in [-0.05, 0) is 45.0 Å². The van der Waals surface area contributed by atoms with Crippen LogP contribution in [-0.2, 0) is 0 Å². The number of carbonyl (C=O) groups excluding carboxylic acids is 1. The molecule has 0 aliphatic rings. The standard InChI is InChI=1S/C21H21N3O2/c1-15(2)23(17-10-6-4-7-11-17)21(26)20-19(25)14-16(3)24(22-20)18-12-8-5-9-13-18/h4-15H,1-3H3. The van der Waals surface area contributed by atoms with Crippen LogP contribution in [0.15, 0.2) is 71.5 Å². The molecule has 0 bridgehead atoms. The molecule has 0 radical (unpaired) electrons. The monoisotopic (exact) mass is 347 g/mol. The third-order valence-corrected chi connectivity index (χ3v) is 4.08. The summed E-state index contributed by atoms with van der Waals surface area (Å²) in [7, 11) is 0. The number of amides is 1. The summed E-state index contributed by atoms with van der Waals surface area (Å²) in [6.07, 6.45) is 0. The van der Waals surface area contributed by atoms with Gasteiger partial charge in [0.1, 0.15) is 0 Å². The Labute approximate surface area is 152 Å². The van der Waals surface area contributed by atoms with Gasteiger partial charge in [0.25, 0.3) is 5.91 Å². The summed E-state index contributed by atoms with van der Waals surface area (Å²) in [5.74, 6) is -0.402. The fourth-order valence-electron chi connectivity index (χ4n) is 2.88. The van der Waals surface area contributed by atoms with Crippen molar-refractivity contribution in [3.63, 3.8) is 0 Å². The van der Waals surface area contributed by atoms with Gasteiger partial charge in [0.2, 0.25) is 5.43 Å². The highest BCUT2D eigenvalue weighted by atomic mass is 16.2. The Kier molecular flexibility index (Phi) is 4.98. The smallest absolute Gasteiger partial charge is 0.283 e. The zero-order chi connectivity index (χ0) is 18.7. The van der Waals surface area contributed by atoms with Gasteiger partial charge < -0.3 is 4.90 Å². The summed E-state index contributed by atoms with van der Waals surface area (Å²) in [4.78, 5) is 27.2. The lowest BCUT2D eigenvalue weighted by atomic mass is 10.2. The van der Waals surface area contributed by atoms with Crippen molar-refractivity contribution in [1.29, 1.82) is 0 Å². The maximum Gasteiger partial charge on any atom is 0.283 e. The molecule has 0 saturated heterocycles. The highest BCUT2D eigenvalue weighted by Crippen LogP contribution is 2.18. The fourth-order valence-corrected chi connectivity index (χ4v) is 2.88. The molecule has 0 atom stereocenters. The Morgan fingerprint density at radius 3 is 2.15 bits per heavy atom. The molecular formula is C21H21N3O2. The number of rotatable bonds is 4. The molecule has 0 fully saturated rings. The molecule has 1 heterocycles. The molecule has 1 aromatic heterocycles. The molecule has 1 amide bonds. The maximum absolute atomic E-state index is 13.2. The van der Waals surface area contributed by atoms with Crippen molar-refractivity contribution < 1.29 is 4.79 Å². The minimum absolute atomic E-state index is 0.0861. The molecule has 0 spiro atoms. The number of benzene rings is 2. The molecule has 3 rings (SSSR count). The van der Waals surface area contributed by atoms with Gasteiger partial charge >= 0.3 is 0 Å². The van der Waals surface area contributed by atoms with Crippen LogP contribution in [0.5, 0.6) is 0 Å². The maximum atomic E-state index is 13.2. The Morgan fingerprint density at radius 2 is 1.58 bits per heavy atom. The first-order valence-electron chi connectivity index (χ1n) is 8.54. The number of aromatic nitrogens is 2. The zero-order valence-electron chi connectivity index (χ0n) is 15.1. The molecule has 0 aliphatic heterocycles. The Balaban J connectivity index is 2.10. The molecular weight excluding hydrogens is 326 g/mol. The summed E-state index contributed by atoms with van der Waals surface area (Å²) >= 11 is 0. The largest absolute Gasteiger partial charge is 0.304 e. The topological polar surface area (TPSA) is 55.2 Å². The minimum Gasteiger partial charge on any atom is -0.304 e. The molecule has 26 heavy (non-hydrogen) atoms. The van der Waals surface area contributed by atoms with Crippen LogP contribution in [0.1, 0.15) is 30.0 Å². The SMILES string of the molecule is Cc1cc(=O)c(C(=O)N(c2ccccc2)C(C)C)nn1-c1ccccc1. The third-order valence-electron chi connectivity index (χ3n) is 4.08. The van der Waals surface area contributed by atoms with E-state index in [9.17, 15) is 9.59 Å². The van der Waals surface area contributed by atoms with Crippen LogP contribution >= 0.6 is 0 Å². The van der Waals surface area contributed by atoms with E-state index in [4.69, 9.17) is 0 Å². The fraction of sp³-hybridized carbons (Fsp3) is 0.190. The Bertz CT molecular complexity index is 964. The van der Waals surface area contributed by atoms with Crippen LogP contribution in [0.25, 0.3) is 5.69 Å². The number of nitrogens with zero attached hydrogens (tertiary/aromatic N) is 3. The van der Waals surface area contributed by atoms with E-state index in [2.05, 4.69) is 5.10 Å². The number of carbonyl (C=O) groups is 1. The van der Waals surface area contributed by atoms with Gasteiger partial charge in [0.15, 0.2) is 5.69 Å². The molecule has 0 unspecified atom stereocenters. The van der Waals surface area contributed by atoms with E-state index < -0.39 is 5.91 Å². The van der Waals surface area contributed by atoms with Crippen molar-refractivity contribution in [1.82, 2.24) is 9.78 Å². The summed E-state index contributed by atoms with van der Waals surface area (Å²) in [6.45, 7) is 5.62. The number of anilines is 1. The van der Waals surface area contributed by atoms with Crippen molar-refractivity contribution in [2.75, 3.05) is 4.90 Å². The lowest BCUT2D eigenvalue weighted by molar-refractivity contribution is 0.0972. The lowest BCUT2D eigenvalue weighted by Gasteiger charge is -2.26. The molecule has 5 nitrogen and oxygen atoms in total. The van der Waals surface area contributed by atoms with Crippen molar-refractivity contribution >= 4 is 11.6 Å². The van der Waals surface area contributed by atoms with Crippen LogP contribution in [0.4, 0.5) is 5.69 Å². The molecule has 0 N–H and O–H groups in total. The molecule has 0 saturated carbocycles. The van der Waals surface area contributed by atoms with Gasteiger partial charge in [-0.3, -0.25) is 9.59 Å². The van der Waals surface area contributed by atoms with Gasteiger partial charge in [-0.25, -0.2) is 4.68 Å². The number of hydrogen-bond acceptors (Lipinski definition) is 3. The zero-order valence-corrected chi connectivity index (χ0v) is 15.1. The molecule has 2 aromatic carbocycles. The van der Waals surface area contributed by atoms with Gasteiger partial charge in [-0.2, -0.15) is 5.10 Å². The summed E-state index contributed by atoms with van der Waals surface area (Å²) < 4.78 is 1.62. The lowest BCUT2D eigenvalue weighted by Crippen LogP contribution is -2.40. The van der Waals surface area contributed by atoms with E-state index in [0.717, 1.165) is 11.4 Å². The molecule has 0 aliphatic carbocycles. The van der Waals surface area contributed by atoms with Crippen LogP contribution in [-0.4, -0.2) is 21.7 Å². The van der Waals surface area contributed by atoms with E-state index in [1.165, 1.54) is 6.07 Å². The van der Waals surface area contributed by atoms with Gasteiger partial charge in [0, 0.05) is 23.5 Å². The van der Waals surface area contributed by atoms with Gasteiger partial charge in [0.05, 0.1) is 5.69 Å². The normalized spacial score (nSPS) is 10.8. The predicted molar refractivity (Wildman–Crippen MR) is 103 cm³/mol. The Morgan fingerprint density at radius 1 is 1.00 bits per heavy atom. The first-order chi connectivity index (χ1) is 12.5. The quantitative estimate of drug-likeness (QED) is 0.725. The van der Waals surface area contributed by atoms with Crippen molar-refractivity contribution in [3.8, 4) is 5.69 Å². The molecule has 5 heteroatoms. The van der Waals surface area contributed by atoms with Crippen LogP contribution in [0, 0.1) is 6.92 Å². The van der Waals surface area contributed by atoms with E-state index >= 15 is 0 Å². The van der Waals surface area contributed by atoms with Crippen LogP contribution < -0.4 is 10.3 Å². The van der Waals surface area contributed by atoms with Gasteiger partial charge in [-0.15, -0.1) is 0 Å². The predicted octanol–water partition coefficient (Wildman–Crippen LogP) is 3.60. The number of para-hydroxylation sites is 2. The van der Waals surface area contributed by atoms with Crippen molar-refractivity contribution in [3.05, 3.63) is 88.3 Å². The first kappa shape index (κ1) is 17.6. The van der Waals surface area contributed by atoms with Crippen LogP contribution in [0.3, 0.4) is 0 Å². The van der Waals surface area contributed by atoms with E-state index in [1.54, 1.807) is 16.5 Å². The first-order valence-corrected chi connectivity index (χ1v) is 8.54. The Hall–Kier alpha value is -3.21. The highest BCUT2D eigenvalue weighted by molar-refractivity contribution is 6.05. The average Bonchev–Trinajstić information content (AvgIpc) is 2.63.